The second-order valence-electron chi connectivity index (χ2n) is 4.79. The first-order valence-electron chi connectivity index (χ1n) is 6.46. The Morgan fingerprint density at radius 1 is 1.47 bits per heavy atom. The van der Waals surface area contributed by atoms with Crippen LogP contribution >= 0.6 is 28.3 Å². The number of halogens is 2. The van der Waals surface area contributed by atoms with E-state index in [0.29, 0.717) is 0 Å². The largest absolute Gasteiger partial charge is 0.348 e. The summed E-state index contributed by atoms with van der Waals surface area (Å²) in [5.74, 6) is 0.113. The number of rotatable bonds is 3. The number of amides is 1. The van der Waals surface area contributed by atoms with Gasteiger partial charge in [-0.05, 0) is 44.0 Å². The first-order valence-corrected chi connectivity index (χ1v) is 7.25. The third kappa shape index (κ3) is 4.79. The maximum absolute atomic E-state index is 12.1. The van der Waals surface area contributed by atoms with Crippen LogP contribution in [0.3, 0.4) is 0 Å². The molecular formula is C14H20BrClN2O. The van der Waals surface area contributed by atoms with Crippen molar-refractivity contribution in [3.05, 3.63) is 34.3 Å². The van der Waals surface area contributed by atoms with Crippen LogP contribution in [0.4, 0.5) is 0 Å². The zero-order chi connectivity index (χ0) is 13.0. The average molecular weight is 348 g/mol. The van der Waals surface area contributed by atoms with Crippen LogP contribution in [0.2, 0.25) is 0 Å². The fourth-order valence-electron chi connectivity index (χ4n) is 2.25. The van der Waals surface area contributed by atoms with Crippen LogP contribution in [-0.2, 0) is 4.79 Å². The molecule has 1 unspecified atom stereocenters. The Morgan fingerprint density at radius 2 is 2.26 bits per heavy atom. The molecule has 0 radical (unpaired) electrons. The van der Waals surface area contributed by atoms with Crippen LogP contribution in [0.1, 0.15) is 37.8 Å². The molecule has 0 spiro atoms. The van der Waals surface area contributed by atoms with Gasteiger partial charge in [0.15, 0.2) is 0 Å². The molecule has 0 saturated carbocycles. The summed E-state index contributed by atoms with van der Waals surface area (Å²) in [6.07, 6.45) is 3.25. The van der Waals surface area contributed by atoms with Gasteiger partial charge in [0.05, 0.1) is 12.1 Å². The number of nitrogens with one attached hydrogen (secondary N) is 2. The molecule has 0 aliphatic carbocycles. The highest BCUT2D eigenvalue weighted by Crippen LogP contribution is 2.18. The molecule has 1 aliphatic heterocycles. The predicted octanol–water partition coefficient (Wildman–Crippen LogP) is 3.19. The fraction of sp³-hybridized carbons (Fsp3) is 0.500. The van der Waals surface area contributed by atoms with Crippen molar-refractivity contribution >= 4 is 34.2 Å². The summed E-state index contributed by atoms with van der Waals surface area (Å²) < 4.78 is 1.04. The number of carbonyl (C=O) groups excluding carboxylic acids is 1. The van der Waals surface area contributed by atoms with E-state index in [4.69, 9.17) is 0 Å². The van der Waals surface area contributed by atoms with E-state index >= 15 is 0 Å². The zero-order valence-electron chi connectivity index (χ0n) is 11.0. The highest BCUT2D eigenvalue weighted by molar-refractivity contribution is 9.10. The van der Waals surface area contributed by atoms with E-state index in [1.54, 1.807) is 0 Å². The van der Waals surface area contributed by atoms with E-state index < -0.39 is 0 Å². The van der Waals surface area contributed by atoms with Gasteiger partial charge >= 0.3 is 0 Å². The lowest BCUT2D eigenvalue weighted by Crippen LogP contribution is -2.47. The van der Waals surface area contributed by atoms with Gasteiger partial charge in [0, 0.05) is 4.47 Å². The number of hydrogen-bond acceptors (Lipinski definition) is 2. The molecule has 2 rings (SSSR count). The van der Waals surface area contributed by atoms with E-state index in [2.05, 4.69) is 26.6 Å². The summed E-state index contributed by atoms with van der Waals surface area (Å²) >= 11 is 3.45. The number of carbonyl (C=O) groups is 1. The molecule has 106 valence electrons. The van der Waals surface area contributed by atoms with Gasteiger partial charge in [0.1, 0.15) is 0 Å². The third-order valence-corrected chi connectivity index (χ3v) is 3.83. The molecule has 0 bridgehead atoms. The average Bonchev–Trinajstić information content (AvgIpc) is 2.39. The van der Waals surface area contributed by atoms with Crippen molar-refractivity contribution < 1.29 is 4.79 Å². The molecule has 2 atom stereocenters. The van der Waals surface area contributed by atoms with Crippen molar-refractivity contribution in [1.29, 1.82) is 0 Å². The second-order valence-corrected chi connectivity index (χ2v) is 5.70. The summed E-state index contributed by atoms with van der Waals surface area (Å²) in [6, 6.07) is 8.07. The Hall–Kier alpha value is -0.580. The molecule has 1 saturated heterocycles. The van der Waals surface area contributed by atoms with Crippen LogP contribution in [0, 0.1) is 0 Å². The molecule has 3 nitrogen and oxygen atoms in total. The number of hydrogen-bond donors (Lipinski definition) is 2. The Labute approximate surface area is 129 Å². The minimum absolute atomic E-state index is 0. The molecule has 5 heteroatoms. The van der Waals surface area contributed by atoms with Gasteiger partial charge < -0.3 is 10.6 Å². The number of piperidine rings is 1. The molecule has 0 aromatic heterocycles. The summed E-state index contributed by atoms with van der Waals surface area (Å²) in [5, 5.41) is 6.34. The maximum Gasteiger partial charge on any atom is 0.237 e. The Kier molecular flexibility index (Phi) is 6.83. The smallest absolute Gasteiger partial charge is 0.237 e. The van der Waals surface area contributed by atoms with E-state index in [9.17, 15) is 4.79 Å². The van der Waals surface area contributed by atoms with Crippen molar-refractivity contribution in [3.8, 4) is 0 Å². The lowest BCUT2D eigenvalue weighted by molar-refractivity contribution is -0.124. The molecule has 2 N–H and O–H groups in total. The van der Waals surface area contributed by atoms with Crippen molar-refractivity contribution in [2.45, 2.75) is 38.3 Å². The molecule has 1 fully saturated rings. The molecule has 1 aliphatic rings. The first-order chi connectivity index (χ1) is 8.66. The highest BCUT2D eigenvalue weighted by Gasteiger charge is 2.21. The van der Waals surface area contributed by atoms with Crippen LogP contribution in [0.5, 0.6) is 0 Å². The molecule has 1 amide bonds. The lowest BCUT2D eigenvalue weighted by Gasteiger charge is -2.24. The quantitative estimate of drug-likeness (QED) is 0.881. The lowest BCUT2D eigenvalue weighted by atomic mass is 10.0. The van der Waals surface area contributed by atoms with Gasteiger partial charge in [-0.1, -0.05) is 34.5 Å². The fourth-order valence-corrected chi connectivity index (χ4v) is 2.67. The summed E-state index contributed by atoms with van der Waals surface area (Å²) in [6.45, 7) is 2.96. The third-order valence-electron chi connectivity index (χ3n) is 3.33. The molecule has 1 aromatic rings. The van der Waals surface area contributed by atoms with Gasteiger partial charge in [-0.2, -0.15) is 0 Å². The van der Waals surface area contributed by atoms with Crippen molar-refractivity contribution in [2.75, 3.05) is 6.54 Å². The van der Waals surface area contributed by atoms with Gasteiger partial charge in [-0.25, -0.2) is 0 Å². The van der Waals surface area contributed by atoms with Crippen LogP contribution in [-0.4, -0.2) is 18.5 Å². The van der Waals surface area contributed by atoms with Crippen molar-refractivity contribution in [3.63, 3.8) is 0 Å². The summed E-state index contributed by atoms with van der Waals surface area (Å²) in [5.41, 5.74) is 1.12. The Bertz CT molecular complexity index is 422. The van der Waals surface area contributed by atoms with E-state index in [1.807, 2.05) is 31.2 Å². The maximum atomic E-state index is 12.1. The molecule has 1 heterocycles. The standard InChI is InChI=1S/C14H19BrN2O.ClH/c1-10(11-5-4-6-12(15)9-11)17-14(18)13-7-2-3-8-16-13;/h4-6,9-10,13,16H,2-3,7-8H2,1H3,(H,17,18);1H/t10?,13-;/m1./s1. The SMILES string of the molecule is CC(NC(=O)[C@H]1CCCCN1)c1cccc(Br)c1.Cl. The minimum Gasteiger partial charge on any atom is -0.348 e. The number of benzene rings is 1. The minimum atomic E-state index is -0.0200. The summed E-state index contributed by atoms with van der Waals surface area (Å²) in [7, 11) is 0. The van der Waals surface area contributed by atoms with Crippen molar-refractivity contribution in [2.24, 2.45) is 0 Å². The van der Waals surface area contributed by atoms with E-state index in [-0.39, 0.29) is 30.4 Å². The van der Waals surface area contributed by atoms with Crippen LogP contribution in [0.25, 0.3) is 0 Å². The molecule has 1 aromatic carbocycles. The van der Waals surface area contributed by atoms with Crippen LogP contribution in [0.15, 0.2) is 28.7 Å². The predicted molar refractivity (Wildman–Crippen MR) is 83.6 cm³/mol. The Balaban J connectivity index is 0.00000180. The molecule has 19 heavy (non-hydrogen) atoms. The zero-order valence-corrected chi connectivity index (χ0v) is 13.4. The van der Waals surface area contributed by atoms with Gasteiger partial charge in [-0.15, -0.1) is 12.4 Å². The first kappa shape index (κ1) is 16.5. The normalized spacial score (nSPS) is 20.2. The molecular weight excluding hydrogens is 328 g/mol. The second kappa shape index (κ2) is 7.88. The van der Waals surface area contributed by atoms with Gasteiger partial charge in [0.25, 0.3) is 0 Å². The van der Waals surface area contributed by atoms with Crippen LogP contribution < -0.4 is 10.6 Å². The van der Waals surface area contributed by atoms with Gasteiger partial charge in [0.2, 0.25) is 5.91 Å². The highest BCUT2D eigenvalue weighted by atomic mass is 79.9. The van der Waals surface area contributed by atoms with Gasteiger partial charge in [-0.3, -0.25) is 4.79 Å². The Morgan fingerprint density at radius 3 is 2.89 bits per heavy atom. The van der Waals surface area contributed by atoms with E-state index in [1.165, 1.54) is 6.42 Å². The monoisotopic (exact) mass is 346 g/mol. The summed E-state index contributed by atoms with van der Waals surface area (Å²) in [4.78, 5) is 12.1. The van der Waals surface area contributed by atoms with Crippen molar-refractivity contribution in [1.82, 2.24) is 10.6 Å². The topological polar surface area (TPSA) is 41.1 Å². The van der Waals surface area contributed by atoms with E-state index in [0.717, 1.165) is 29.4 Å².